The second kappa shape index (κ2) is 13.1. The number of rotatable bonds is 12. The standard InChI is InChI=1S/C28H38ClN9O4/c1-35-24(12-18-4-5-18)22(14-31-35)26-23(29)15-30-27(34-26)33-20-6-8-21(9-7-20)38(28(40)41)17-19-13-32-37(16-19)11-10-25(39)36(2)42-3/h13-16,18,20-21H,4-12,17H2,1-3H3,(H,40,41)(H,30,33,34). The van der Waals surface area contributed by atoms with Crippen molar-refractivity contribution in [2.45, 2.75) is 76.5 Å². The predicted molar refractivity (Wildman–Crippen MR) is 156 cm³/mol. The highest BCUT2D eigenvalue weighted by atomic mass is 35.5. The summed E-state index contributed by atoms with van der Waals surface area (Å²) >= 11 is 6.53. The van der Waals surface area contributed by atoms with E-state index in [9.17, 15) is 14.7 Å². The lowest BCUT2D eigenvalue weighted by Crippen LogP contribution is -2.43. The number of aryl methyl sites for hydroxylation is 2. The number of anilines is 1. The molecule has 2 aliphatic carbocycles. The number of hydrogen-bond donors (Lipinski definition) is 2. The molecular weight excluding hydrogens is 562 g/mol. The molecule has 0 aromatic carbocycles. The molecule has 0 bridgehead atoms. The molecule has 2 aliphatic rings. The average molecular weight is 600 g/mol. The number of carboxylic acid groups (broad SMARTS) is 1. The fourth-order valence-corrected chi connectivity index (χ4v) is 5.66. The molecule has 0 atom stereocenters. The van der Waals surface area contributed by atoms with Gasteiger partial charge in [0.25, 0.3) is 0 Å². The van der Waals surface area contributed by atoms with Crippen LogP contribution in [0.1, 0.15) is 56.2 Å². The minimum Gasteiger partial charge on any atom is -0.465 e. The molecule has 3 aromatic heterocycles. The van der Waals surface area contributed by atoms with Gasteiger partial charge in [0.2, 0.25) is 11.9 Å². The largest absolute Gasteiger partial charge is 0.465 e. The van der Waals surface area contributed by atoms with Crippen molar-refractivity contribution in [3.63, 3.8) is 0 Å². The van der Waals surface area contributed by atoms with E-state index in [1.807, 2.05) is 17.9 Å². The minimum absolute atomic E-state index is 0.108. The molecule has 0 radical (unpaired) electrons. The fourth-order valence-electron chi connectivity index (χ4n) is 5.47. The van der Waals surface area contributed by atoms with E-state index in [2.05, 4.69) is 20.5 Å². The first-order chi connectivity index (χ1) is 20.2. The van der Waals surface area contributed by atoms with E-state index in [-0.39, 0.29) is 31.0 Å². The molecule has 2 saturated carbocycles. The van der Waals surface area contributed by atoms with Crippen LogP contribution in [0.15, 0.2) is 24.8 Å². The molecule has 3 heterocycles. The van der Waals surface area contributed by atoms with Crippen molar-refractivity contribution in [1.82, 2.24) is 39.5 Å². The topological polar surface area (TPSA) is 144 Å². The molecule has 0 spiro atoms. The Balaban J connectivity index is 1.16. The Morgan fingerprint density at radius 2 is 1.90 bits per heavy atom. The highest BCUT2D eigenvalue weighted by Crippen LogP contribution is 2.37. The van der Waals surface area contributed by atoms with Crippen LogP contribution in [0, 0.1) is 5.92 Å². The Kier molecular flexibility index (Phi) is 9.27. The highest BCUT2D eigenvalue weighted by Gasteiger charge is 2.30. The third-order valence-electron chi connectivity index (χ3n) is 8.18. The van der Waals surface area contributed by atoms with Crippen LogP contribution in [0.2, 0.25) is 5.02 Å². The van der Waals surface area contributed by atoms with Gasteiger partial charge in [0.05, 0.1) is 43.0 Å². The molecule has 226 valence electrons. The molecule has 42 heavy (non-hydrogen) atoms. The maximum Gasteiger partial charge on any atom is 0.407 e. The van der Waals surface area contributed by atoms with Crippen molar-refractivity contribution in [2.75, 3.05) is 19.5 Å². The van der Waals surface area contributed by atoms with Gasteiger partial charge in [0, 0.05) is 62.2 Å². The van der Waals surface area contributed by atoms with Crippen LogP contribution in [0.25, 0.3) is 11.3 Å². The van der Waals surface area contributed by atoms with E-state index in [0.29, 0.717) is 42.0 Å². The van der Waals surface area contributed by atoms with Crippen molar-refractivity contribution in [2.24, 2.45) is 13.0 Å². The van der Waals surface area contributed by atoms with Crippen LogP contribution >= 0.6 is 11.6 Å². The molecular formula is C28H38ClN9O4. The van der Waals surface area contributed by atoms with Crippen LogP contribution in [0.4, 0.5) is 10.7 Å². The fraction of sp³-hybridized carbons (Fsp3) is 0.571. The molecule has 2 fully saturated rings. The van der Waals surface area contributed by atoms with Crippen molar-refractivity contribution in [1.29, 1.82) is 0 Å². The Morgan fingerprint density at radius 3 is 2.60 bits per heavy atom. The third kappa shape index (κ3) is 7.19. The summed E-state index contributed by atoms with van der Waals surface area (Å²) in [6.45, 7) is 0.620. The second-order valence-electron chi connectivity index (χ2n) is 11.2. The van der Waals surface area contributed by atoms with Gasteiger partial charge >= 0.3 is 6.09 Å². The first-order valence-electron chi connectivity index (χ1n) is 14.3. The lowest BCUT2D eigenvalue weighted by Gasteiger charge is -2.35. The number of nitrogens with one attached hydrogen (secondary N) is 1. The maximum absolute atomic E-state index is 12.2. The maximum atomic E-state index is 12.2. The Morgan fingerprint density at radius 1 is 1.14 bits per heavy atom. The van der Waals surface area contributed by atoms with Crippen molar-refractivity contribution >= 4 is 29.5 Å². The number of hydroxylamine groups is 2. The van der Waals surface area contributed by atoms with Gasteiger partial charge in [-0.05, 0) is 50.9 Å². The summed E-state index contributed by atoms with van der Waals surface area (Å²) < 4.78 is 3.56. The minimum atomic E-state index is -0.958. The molecule has 0 aliphatic heterocycles. The van der Waals surface area contributed by atoms with Crippen molar-refractivity contribution in [3.05, 3.63) is 41.1 Å². The molecule has 13 nitrogen and oxygen atoms in total. The Labute approximate surface area is 249 Å². The van der Waals surface area contributed by atoms with E-state index >= 15 is 0 Å². The van der Waals surface area contributed by atoms with E-state index in [1.54, 1.807) is 30.3 Å². The number of carbonyl (C=O) groups excluding carboxylic acids is 1. The van der Waals surface area contributed by atoms with Crippen LogP contribution in [-0.2, 0) is 36.2 Å². The van der Waals surface area contributed by atoms with Gasteiger partial charge in [-0.2, -0.15) is 10.2 Å². The van der Waals surface area contributed by atoms with Gasteiger partial charge < -0.3 is 15.3 Å². The molecule has 14 heteroatoms. The lowest BCUT2D eigenvalue weighted by atomic mass is 9.90. The number of aromatic nitrogens is 6. The van der Waals surface area contributed by atoms with Gasteiger partial charge in [-0.25, -0.2) is 19.8 Å². The normalized spacial score (nSPS) is 18.6. The zero-order chi connectivity index (χ0) is 29.8. The summed E-state index contributed by atoms with van der Waals surface area (Å²) in [4.78, 5) is 39.7. The quantitative estimate of drug-likeness (QED) is 0.295. The van der Waals surface area contributed by atoms with Crippen molar-refractivity contribution in [3.8, 4) is 11.3 Å². The van der Waals surface area contributed by atoms with E-state index < -0.39 is 6.09 Å². The summed E-state index contributed by atoms with van der Waals surface area (Å²) in [5.41, 5.74) is 3.54. The number of halogens is 1. The molecule has 5 rings (SSSR count). The first-order valence-corrected chi connectivity index (χ1v) is 14.7. The average Bonchev–Trinajstić information content (AvgIpc) is 3.58. The van der Waals surface area contributed by atoms with Gasteiger partial charge in [-0.1, -0.05) is 11.6 Å². The Hall–Kier alpha value is -3.71. The molecule has 3 aromatic rings. The number of nitrogens with zero attached hydrogens (tertiary/aromatic N) is 8. The summed E-state index contributed by atoms with van der Waals surface area (Å²) in [6, 6.07) is 0.0131. The van der Waals surface area contributed by atoms with Crippen molar-refractivity contribution < 1.29 is 19.5 Å². The van der Waals surface area contributed by atoms with Crippen LogP contribution in [0.5, 0.6) is 0 Å². The van der Waals surface area contributed by atoms with E-state index in [0.717, 1.165) is 36.1 Å². The monoisotopic (exact) mass is 599 g/mol. The molecule has 0 saturated heterocycles. The smallest absolute Gasteiger partial charge is 0.407 e. The molecule has 2 N–H and O–H groups in total. The highest BCUT2D eigenvalue weighted by molar-refractivity contribution is 6.33. The van der Waals surface area contributed by atoms with E-state index in [4.69, 9.17) is 21.4 Å². The zero-order valence-corrected chi connectivity index (χ0v) is 25.0. The van der Waals surface area contributed by atoms with E-state index in [1.165, 1.54) is 29.9 Å². The second-order valence-corrected chi connectivity index (χ2v) is 11.6. The summed E-state index contributed by atoms with van der Waals surface area (Å²) in [7, 11) is 4.94. The van der Waals surface area contributed by atoms with Gasteiger partial charge in [-0.15, -0.1) is 0 Å². The van der Waals surface area contributed by atoms with Crippen LogP contribution < -0.4 is 5.32 Å². The predicted octanol–water partition coefficient (Wildman–Crippen LogP) is 3.99. The number of carbonyl (C=O) groups is 2. The summed E-state index contributed by atoms with van der Waals surface area (Å²) in [6.07, 6.45) is 12.6. The van der Waals surface area contributed by atoms with Gasteiger partial charge in [0.1, 0.15) is 0 Å². The summed E-state index contributed by atoms with van der Waals surface area (Å²) in [5, 5.41) is 23.8. The zero-order valence-electron chi connectivity index (χ0n) is 24.2. The lowest BCUT2D eigenvalue weighted by molar-refractivity contribution is -0.168. The SMILES string of the molecule is CON(C)C(=O)CCn1cc(CN(C(=O)O)C2CCC(Nc3ncc(Cl)c(-c4cnn(C)c4CC4CC4)n3)CC2)cn1. The van der Waals surface area contributed by atoms with Gasteiger partial charge in [0.15, 0.2) is 0 Å². The van der Waals surface area contributed by atoms with Gasteiger partial charge in [-0.3, -0.25) is 19.0 Å². The van der Waals surface area contributed by atoms with Crippen LogP contribution in [0.3, 0.4) is 0 Å². The number of hydrogen-bond acceptors (Lipinski definition) is 8. The summed E-state index contributed by atoms with van der Waals surface area (Å²) in [5.74, 6) is 1.05. The van der Waals surface area contributed by atoms with Crippen LogP contribution in [-0.4, -0.2) is 82.8 Å². The molecule has 2 amide bonds. The molecule has 0 unspecified atom stereocenters. The Bertz CT molecular complexity index is 1400. The first kappa shape index (κ1) is 29.8. The third-order valence-corrected chi connectivity index (χ3v) is 8.45. The number of amides is 2.